The highest BCUT2D eigenvalue weighted by Gasteiger charge is 2.37. The summed E-state index contributed by atoms with van der Waals surface area (Å²) in [5.74, 6) is 3.56. The van der Waals surface area contributed by atoms with E-state index in [1.165, 1.54) is 64.2 Å². The Kier molecular flexibility index (Phi) is 5.24. The van der Waals surface area contributed by atoms with Crippen molar-refractivity contribution in [2.45, 2.75) is 77.6 Å². The van der Waals surface area contributed by atoms with Gasteiger partial charge < -0.3 is 4.90 Å². The van der Waals surface area contributed by atoms with E-state index in [1.54, 1.807) is 0 Å². The van der Waals surface area contributed by atoms with E-state index in [0.29, 0.717) is 11.8 Å². The Morgan fingerprint density at radius 1 is 0.857 bits per heavy atom. The molecule has 21 heavy (non-hydrogen) atoms. The van der Waals surface area contributed by atoms with E-state index >= 15 is 0 Å². The number of fused-ring (bicyclic) bond motifs is 2. The van der Waals surface area contributed by atoms with Gasteiger partial charge in [-0.3, -0.25) is 4.79 Å². The molecule has 0 aromatic rings. The molecule has 2 heteroatoms. The number of rotatable bonds is 2. The van der Waals surface area contributed by atoms with Gasteiger partial charge in [-0.2, -0.15) is 0 Å². The molecule has 0 aromatic carbocycles. The molecule has 3 fully saturated rings. The molecule has 1 heterocycles. The van der Waals surface area contributed by atoms with Crippen molar-refractivity contribution in [3.63, 3.8) is 0 Å². The lowest BCUT2D eigenvalue weighted by molar-refractivity contribution is -0.136. The summed E-state index contributed by atoms with van der Waals surface area (Å²) in [7, 11) is 0. The predicted molar refractivity (Wildman–Crippen MR) is 87.0 cm³/mol. The van der Waals surface area contributed by atoms with Crippen LogP contribution in [0, 0.1) is 23.7 Å². The van der Waals surface area contributed by atoms with E-state index in [1.807, 2.05) is 0 Å². The van der Waals surface area contributed by atoms with Gasteiger partial charge in [0.2, 0.25) is 5.91 Å². The van der Waals surface area contributed by atoms with Gasteiger partial charge in [0.05, 0.1) is 0 Å². The fourth-order valence-corrected chi connectivity index (χ4v) is 5.03. The third-order valence-corrected chi connectivity index (χ3v) is 6.59. The number of hydrogen-bond donors (Lipinski definition) is 0. The maximum Gasteiger partial charge on any atom is 0.222 e. The van der Waals surface area contributed by atoms with Gasteiger partial charge in [-0.1, -0.05) is 45.4 Å². The summed E-state index contributed by atoms with van der Waals surface area (Å²) in [6.45, 7) is 4.56. The first kappa shape index (κ1) is 15.4. The molecule has 2 aliphatic carbocycles. The Morgan fingerprint density at radius 2 is 1.38 bits per heavy atom. The van der Waals surface area contributed by atoms with Crippen LogP contribution >= 0.6 is 0 Å². The Morgan fingerprint density at radius 3 is 1.95 bits per heavy atom. The summed E-state index contributed by atoms with van der Waals surface area (Å²) in [4.78, 5) is 15.0. The van der Waals surface area contributed by atoms with Crippen molar-refractivity contribution < 1.29 is 4.79 Å². The molecule has 3 rings (SSSR count). The fraction of sp³-hybridized carbons (Fsp3) is 0.947. The van der Waals surface area contributed by atoms with Crippen LogP contribution in [0.15, 0.2) is 0 Å². The van der Waals surface area contributed by atoms with Crippen molar-refractivity contribution in [1.82, 2.24) is 4.90 Å². The van der Waals surface area contributed by atoms with Crippen LogP contribution < -0.4 is 0 Å². The molecule has 120 valence electrons. The first-order chi connectivity index (χ1) is 10.2. The second-order valence-electron chi connectivity index (χ2n) is 8.02. The molecular formula is C19H33NO. The van der Waals surface area contributed by atoms with E-state index in [-0.39, 0.29) is 0 Å². The van der Waals surface area contributed by atoms with E-state index in [9.17, 15) is 4.79 Å². The molecule has 0 aromatic heterocycles. The number of piperidine rings is 1. The Bertz CT molecular complexity index is 329. The lowest BCUT2D eigenvalue weighted by Crippen LogP contribution is -2.47. The largest absolute Gasteiger partial charge is 0.342 e. The van der Waals surface area contributed by atoms with Crippen molar-refractivity contribution in [2.75, 3.05) is 13.1 Å². The molecule has 1 saturated heterocycles. The Balaban J connectivity index is 1.57. The van der Waals surface area contributed by atoms with E-state index in [4.69, 9.17) is 0 Å². The Hall–Kier alpha value is -0.530. The zero-order valence-corrected chi connectivity index (χ0v) is 13.9. The molecule has 2 unspecified atom stereocenters. The van der Waals surface area contributed by atoms with Gasteiger partial charge in [-0.25, -0.2) is 0 Å². The van der Waals surface area contributed by atoms with Crippen LogP contribution in [0.25, 0.3) is 0 Å². The lowest BCUT2D eigenvalue weighted by Gasteiger charge is -2.41. The minimum absolute atomic E-state index is 0.478. The molecule has 1 aliphatic heterocycles. The first-order valence-electron chi connectivity index (χ1n) is 9.52. The molecule has 2 bridgehead atoms. The van der Waals surface area contributed by atoms with E-state index < -0.39 is 0 Å². The average molecular weight is 291 g/mol. The number of hydrogen-bond acceptors (Lipinski definition) is 1. The maximum absolute atomic E-state index is 12.8. The van der Waals surface area contributed by atoms with Gasteiger partial charge in [0.15, 0.2) is 0 Å². The zero-order valence-electron chi connectivity index (χ0n) is 13.9. The van der Waals surface area contributed by atoms with Crippen LogP contribution in [0.2, 0.25) is 0 Å². The summed E-state index contributed by atoms with van der Waals surface area (Å²) in [6, 6.07) is 0. The number of amides is 1. The van der Waals surface area contributed by atoms with Crippen LogP contribution in [0.4, 0.5) is 0 Å². The summed E-state index contributed by atoms with van der Waals surface area (Å²) in [5, 5.41) is 0. The van der Waals surface area contributed by atoms with Gasteiger partial charge in [0.25, 0.3) is 0 Å². The number of nitrogens with zero attached hydrogens (tertiary/aromatic N) is 1. The minimum atomic E-state index is 0.478. The monoisotopic (exact) mass is 291 g/mol. The highest BCUT2D eigenvalue weighted by Crippen LogP contribution is 2.38. The standard InChI is InChI=1S/C19H33NO/c1-15-17-10-6-7-11-18(15)14-20(13-17)19(21)12-16-8-4-2-3-5-9-16/h15-18H,2-14H2,1H3. The molecule has 2 atom stereocenters. The molecule has 3 aliphatic rings. The molecule has 0 spiro atoms. The fourth-order valence-electron chi connectivity index (χ4n) is 5.03. The van der Waals surface area contributed by atoms with Gasteiger partial charge >= 0.3 is 0 Å². The Labute approximate surface area is 130 Å². The van der Waals surface area contributed by atoms with Crippen molar-refractivity contribution >= 4 is 5.91 Å². The molecular weight excluding hydrogens is 258 g/mol. The summed E-state index contributed by atoms with van der Waals surface area (Å²) in [6.07, 6.45) is 14.4. The summed E-state index contributed by atoms with van der Waals surface area (Å²) < 4.78 is 0. The highest BCUT2D eigenvalue weighted by atomic mass is 16.2. The van der Waals surface area contributed by atoms with Crippen LogP contribution in [0.5, 0.6) is 0 Å². The number of carbonyl (C=O) groups excluding carboxylic acids is 1. The van der Waals surface area contributed by atoms with Crippen molar-refractivity contribution in [3.05, 3.63) is 0 Å². The zero-order chi connectivity index (χ0) is 14.7. The van der Waals surface area contributed by atoms with E-state index in [2.05, 4.69) is 11.8 Å². The molecule has 1 amide bonds. The highest BCUT2D eigenvalue weighted by molar-refractivity contribution is 5.76. The van der Waals surface area contributed by atoms with Gasteiger partial charge in [0.1, 0.15) is 0 Å². The second kappa shape index (κ2) is 7.15. The average Bonchev–Trinajstić information content (AvgIpc) is 2.77. The number of likely N-dealkylation sites (tertiary alicyclic amines) is 1. The van der Waals surface area contributed by atoms with Crippen LogP contribution in [0.1, 0.15) is 77.6 Å². The summed E-state index contributed by atoms with van der Waals surface area (Å²) >= 11 is 0. The SMILES string of the molecule is CC1C2CCCCC1CN(C(=O)CC1CCCCCC1)C2. The quantitative estimate of drug-likeness (QED) is 0.679. The smallest absolute Gasteiger partial charge is 0.222 e. The lowest BCUT2D eigenvalue weighted by atomic mass is 9.78. The van der Waals surface area contributed by atoms with Crippen LogP contribution in [-0.2, 0) is 4.79 Å². The third-order valence-electron chi connectivity index (χ3n) is 6.59. The topological polar surface area (TPSA) is 20.3 Å². The van der Waals surface area contributed by atoms with Gasteiger partial charge in [-0.05, 0) is 49.4 Å². The summed E-state index contributed by atoms with van der Waals surface area (Å²) in [5.41, 5.74) is 0. The van der Waals surface area contributed by atoms with Crippen LogP contribution in [0.3, 0.4) is 0 Å². The van der Waals surface area contributed by atoms with E-state index in [0.717, 1.165) is 37.3 Å². The van der Waals surface area contributed by atoms with Crippen molar-refractivity contribution in [1.29, 1.82) is 0 Å². The molecule has 0 N–H and O–H groups in total. The predicted octanol–water partition coefficient (Wildman–Crippen LogP) is 4.63. The second-order valence-corrected chi connectivity index (χ2v) is 8.02. The van der Waals surface area contributed by atoms with Crippen LogP contribution in [-0.4, -0.2) is 23.9 Å². The molecule has 0 radical (unpaired) electrons. The maximum atomic E-state index is 12.8. The molecule has 2 saturated carbocycles. The normalized spacial score (nSPS) is 35.1. The molecule has 2 nitrogen and oxygen atoms in total. The van der Waals surface area contributed by atoms with Gasteiger partial charge in [0, 0.05) is 19.5 Å². The first-order valence-corrected chi connectivity index (χ1v) is 9.52. The van der Waals surface area contributed by atoms with Crippen molar-refractivity contribution in [3.8, 4) is 0 Å². The minimum Gasteiger partial charge on any atom is -0.342 e. The van der Waals surface area contributed by atoms with Crippen molar-refractivity contribution in [2.24, 2.45) is 23.7 Å². The van der Waals surface area contributed by atoms with Gasteiger partial charge in [-0.15, -0.1) is 0 Å². The third kappa shape index (κ3) is 3.81. The number of carbonyl (C=O) groups is 1.